The van der Waals surface area contributed by atoms with Crippen LogP contribution in [-0.4, -0.2) is 39.4 Å². The van der Waals surface area contributed by atoms with Crippen LogP contribution in [0, 0.1) is 23.7 Å². The number of hydrogen-bond acceptors (Lipinski definition) is 6. The van der Waals surface area contributed by atoms with E-state index in [4.69, 9.17) is 0 Å². The Morgan fingerprint density at radius 3 is 2.42 bits per heavy atom. The second kappa shape index (κ2) is 6.90. The molecule has 138 valence electrons. The van der Waals surface area contributed by atoms with Crippen molar-refractivity contribution in [3.05, 3.63) is 17.2 Å². The molecule has 5 rings (SSSR count). The fraction of sp³-hybridized carbons (Fsp3) is 0.611. The minimum absolute atomic E-state index is 0.0857. The zero-order valence-corrected chi connectivity index (χ0v) is 15.5. The summed E-state index contributed by atoms with van der Waals surface area (Å²) in [7, 11) is 0. The Morgan fingerprint density at radius 1 is 1.19 bits per heavy atom. The summed E-state index contributed by atoms with van der Waals surface area (Å²) in [6.07, 6.45) is 8.05. The molecule has 0 aromatic carbocycles. The molecule has 26 heavy (non-hydrogen) atoms. The van der Waals surface area contributed by atoms with Crippen LogP contribution in [0.2, 0.25) is 0 Å². The quantitative estimate of drug-likeness (QED) is 0.607. The van der Waals surface area contributed by atoms with Crippen molar-refractivity contribution in [3.8, 4) is 0 Å². The van der Waals surface area contributed by atoms with Gasteiger partial charge in [-0.3, -0.25) is 19.3 Å². The summed E-state index contributed by atoms with van der Waals surface area (Å²) in [5, 5.41) is 12.0. The molecule has 0 spiro atoms. The molecule has 2 heterocycles. The molecule has 8 heteroatoms. The standard InChI is InChI=1S/C18H22N4O3S/c1-2-3-13-20-21-18(26-13)19-12(23)8-9-22-16(24)14-10-4-5-11(7-6-10)15(14)17(22)25/h4-5,10-11,14-15H,2-3,6-9H2,1H3,(H,19,21,23)/t10-,11-,14+,15+/m0/s1. The topological polar surface area (TPSA) is 92.3 Å². The van der Waals surface area contributed by atoms with Crippen molar-refractivity contribution in [1.29, 1.82) is 0 Å². The highest BCUT2D eigenvalue weighted by atomic mass is 32.1. The first kappa shape index (κ1) is 17.3. The van der Waals surface area contributed by atoms with Gasteiger partial charge < -0.3 is 5.32 Å². The number of aromatic nitrogens is 2. The number of carbonyl (C=O) groups is 3. The maximum absolute atomic E-state index is 12.7. The molecule has 2 fully saturated rings. The largest absolute Gasteiger partial charge is 0.300 e. The molecule has 3 amide bonds. The van der Waals surface area contributed by atoms with E-state index >= 15 is 0 Å². The molecule has 4 atom stereocenters. The van der Waals surface area contributed by atoms with E-state index < -0.39 is 0 Å². The number of nitrogens with one attached hydrogen (secondary N) is 1. The van der Waals surface area contributed by atoms with Crippen LogP contribution in [0.25, 0.3) is 0 Å². The first-order chi connectivity index (χ1) is 12.6. The summed E-state index contributed by atoms with van der Waals surface area (Å²) in [6, 6.07) is 0. The highest BCUT2D eigenvalue weighted by Gasteiger charge is 2.56. The molecular formula is C18H22N4O3S. The van der Waals surface area contributed by atoms with Gasteiger partial charge in [0.1, 0.15) is 5.01 Å². The number of hydrogen-bond donors (Lipinski definition) is 1. The maximum atomic E-state index is 12.7. The zero-order chi connectivity index (χ0) is 18.3. The number of aryl methyl sites for hydroxylation is 1. The highest BCUT2D eigenvalue weighted by molar-refractivity contribution is 7.15. The van der Waals surface area contributed by atoms with Crippen LogP contribution in [0.1, 0.15) is 37.6 Å². The normalized spacial score (nSPS) is 29.3. The first-order valence-corrected chi connectivity index (χ1v) is 10.1. The SMILES string of the molecule is CCCc1nnc(NC(=O)CCN2C(=O)[C@H]3[C@H](C2=O)[C@H]2C=C[C@H]3CC2)s1. The van der Waals surface area contributed by atoms with Gasteiger partial charge in [0.25, 0.3) is 0 Å². The van der Waals surface area contributed by atoms with E-state index in [9.17, 15) is 14.4 Å². The molecule has 1 aromatic heterocycles. The summed E-state index contributed by atoms with van der Waals surface area (Å²) >= 11 is 1.36. The van der Waals surface area contributed by atoms with Gasteiger partial charge in [0, 0.05) is 19.4 Å². The molecule has 3 aliphatic carbocycles. The molecule has 1 saturated heterocycles. The third-order valence-corrected chi connectivity index (χ3v) is 6.49. The Hall–Kier alpha value is -2.09. The Bertz CT molecular complexity index is 742. The minimum Gasteiger partial charge on any atom is -0.300 e. The number of carbonyl (C=O) groups excluding carboxylic acids is 3. The van der Waals surface area contributed by atoms with E-state index in [2.05, 4.69) is 34.6 Å². The lowest BCUT2D eigenvalue weighted by Crippen LogP contribution is -2.38. The zero-order valence-electron chi connectivity index (χ0n) is 14.7. The number of imide groups is 1. The van der Waals surface area contributed by atoms with Crippen molar-refractivity contribution in [2.24, 2.45) is 23.7 Å². The minimum atomic E-state index is -0.249. The number of likely N-dealkylation sites (tertiary alicyclic amines) is 1. The van der Waals surface area contributed by atoms with Crippen LogP contribution in [0.3, 0.4) is 0 Å². The van der Waals surface area contributed by atoms with Gasteiger partial charge in [0.05, 0.1) is 11.8 Å². The highest BCUT2D eigenvalue weighted by Crippen LogP contribution is 2.49. The van der Waals surface area contributed by atoms with E-state index in [1.807, 2.05) is 0 Å². The van der Waals surface area contributed by atoms with E-state index in [0.29, 0.717) is 5.13 Å². The summed E-state index contributed by atoms with van der Waals surface area (Å²) in [5.41, 5.74) is 0. The monoisotopic (exact) mass is 374 g/mol. The van der Waals surface area contributed by atoms with Gasteiger partial charge in [0.15, 0.2) is 0 Å². The number of nitrogens with zero attached hydrogens (tertiary/aromatic N) is 3. The molecule has 7 nitrogen and oxygen atoms in total. The number of rotatable bonds is 6. The molecule has 2 bridgehead atoms. The summed E-state index contributed by atoms with van der Waals surface area (Å²) in [6.45, 7) is 2.19. The van der Waals surface area contributed by atoms with E-state index in [1.54, 1.807) is 0 Å². The average Bonchev–Trinajstić information content (AvgIpc) is 3.19. The summed E-state index contributed by atoms with van der Waals surface area (Å²) in [4.78, 5) is 38.9. The van der Waals surface area contributed by atoms with Crippen LogP contribution < -0.4 is 5.32 Å². The van der Waals surface area contributed by atoms with Crippen LogP contribution >= 0.6 is 11.3 Å². The van der Waals surface area contributed by atoms with Crippen LogP contribution in [0.15, 0.2) is 12.2 Å². The third-order valence-electron chi connectivity index (χ3n) is 5.59. The molecular weight excluding hydrogens is 352 g/mol. The lowest BCUT2D eigenvalue weighted by atomic mass is 9.63. The van der Waals surface area contributed by atoms with Gasteiger partial charge in [-0.05, 0) is 31.1 Å². The van der Waals surface area contributed by atoms with Crippen molar-refractivity contribution in [2.45, 2.75) is 39.0 Å². The number of anilines is 1. The van der Waals surface area contributed by atoms with Crippen molar-refractivity contribution < 1.29 is 14.4 Å². The van der Waals surface area contributed by atoms with Gasteiger partial charge in [-0.25, -0.2) is 0 Å². The van der Waals surface area contributed by atoms with E-state index in [-0.39, 0.29) is 54.4 Å². The Balaban J connectivity index is 1.35. The van der Waals surface area contributed by atoms with E-state index in [0.717, 1.165) is 30.7 Å². The van der Waals surface area contributed by atoms with Crippen molar-refractivity contribution in [2.75, 3.05) is 11.9 Å². The fourth-order valence-electron chi connectivity index (χ4n) is 4.37. The van der Waals surface area contributed by atoms with Crippen molar-refractivity contribution in [1.82, 2.24) is 15.1 Å². The van der Waals surface area contributed by atoms with Crippen molar-refractivity contribution >= 4 is 34.2 Å². The molecule has 1 N–H and O–H groups in total. The van der Waals surface area contributed by atoms with Crippen LogP contribution in [0.5, 0.6) is 0 Å². The predicted molar refractivity (Wildman–Crippen MR) is 96.2 cm³/mol. The van der Waals surface area contributed by atoms with Gasteiger partial charge in [-0.15, -0.1) is 10.2 Å². The van der Waals surface area contributed by atoms with Crippen LogP contribution in [-0.2, 0) is 20.8 Å². The first-order valence-electron chi connectivity index (χ1n) is 9.24. The molecule has 1 saturated carbocycles. The smallest absolute Gasteiger partial charge is 0.233 e. The number of amides is 3. The lowest BCUT2D eigenvalue weighted by molar-refractivity contribution is -0.140. The van der Waals surface area contributed by atoms with Gasteiger partial charge in [-0.2, -0.15) is 0 Å². The predicted octanol–water partition coefficient (Wildman–Crippen LogP) is 2.02. The second-order valence-electron chi connectivity index (χ2n) is 7.22. The summed E-state index contributed by atoms with van der Waals surface area (Å²) in [5.74, 6) is -0.526. The van der Waals surface area contributed by atoms with Gasteiger partial charge in [0.2, 0.25) is 22.9 Å². The lowest BCUT2D eigenvalue weighted by Gasteiger charge is -2.38. The maximum Gasteiger partial charge on any atom is 0.233 e. The summed E-state index contributed by atoms with van der Waals surface area (Å²) < 4.78 is 0. The third kappa shape index (κ3) is 2.96. The Kier molecular flexibility index (Phi) is 4.60. The fourth-order valence-corrected chi connectivity index (χ4v) is 5.23. The Morgan fingerprint density at radius 2 is 1.85 bits per heavy atom. The second-order valence-corrected chi connectivity index (χ2v) is 8.28. The van der Waals surface area contributed by atoms with E-state index in [1.165, 1.54) is 16.2 Å². The molecule has 1 aliphatic heterocycles. The molecule has 0 unspecified atom stereocenters. The Labute approximate surface area is 155 Å². The van der Waals surface area contributed by atoms with Gasteiger partial charge >= 0.3 is 0 Å². The molecule has 0 radical (unpaired) electrons. The number of fused-ring (bicyclic) bond motifs is 1. The van der Waals surface area contributed by atoms with Crippen LogP contribution in [0.4, 0.5) is 5.13 Å². The van der Waals surface area contributed by atoms with Crippen molar-refractivity contribution in [3.63, 3.8) is 0 Å². The average molecular weight is 374 g/mol. The molecule has 1 aromatic rings. The number of allylic oxidation sites excluding steroid dienone is 2. The molecule has 4 aliphatic rings. The van der Waals surface area contributed by atoms with Gasteiger partial charge in [-0.1, -0.05) is 30.4 Å².